The number of ether oxygens (including phenoxy) is 1. The predicted octanol–water partition coefficient (Wildman–Crippen LogP) is 3.93. The number of methoxy groups -OCH3 is 1. The molecule has 2 heterocycles. The summed E-state index contributed by atoms with van der Waals surface area (Å²) in [6.45, 7) is 2.15. The minimum absolute atomic E-state index is 0.00308. The van der Waals surface area contributed by atoms with Crippen molar-refractivity contribution in [2.24, 2.45) is 0 Å². The van der Waals surface area contributed by atoms with Crippen LogP contribution in [0.4, 0.5) is 30.5 Å². The maximum absolute atomic E-state index is 13.6. The van der Waals surface area contributed by atoms with E-state index >= 15 is 0 Å². The van der Waals surface area contributed by atoms with Crippen LogP contribution in [0.1, 0.15) is 42.5 Å². The molecule has 0 spiro atoms. The Labute approximate surface area is 238 Å². The number of carbonyl (C=O) groups excluding carboxylic acids is 2. The van der Waals surface area contributed by atoms with Gasteiger partial charge in [0.15, 0.2) is 0 Å². The molecule has 220 valence electrons. The van der Waals surface area contributed by atoms with Gasteiger partial charge in [0, 0.05) is 29.1 Å². The standard InChI is InChI=1S/C28H28F3N7O4/c1-16-23(25(40)42-4)24(20-11-10-17(15-32)13-21(20)33-22(39)9-6-12-36(2)3)38-26(34-35-27(38)41)37(16)19-8-5-7-18(14-19)28(29,30)31/h5,7-8,10-11,13-14,24H,6,9,12H2,1-4H3,(H,33,39)(H,35,41)/t24-/m1/s1. The number of nitrogens with zero attached hydrogens (tertiary/aromatic N) is 5. The monoisotopic (exact) mass is 583 g/mol. The molecule has 0 saturated heterocycles. The fourth-order valence-corrected chi connectivity index (χ4v) is 4.82. The zero-order valence-corrected chi connectivity index (χ0v) is 23.2. The summed E-state index contributed by atoms with van der Waals surface area (Å²) < 4.78 is 46.8. The van der Waals surface area contributed by atoms with Gasteiger partial charge in [-0.3, -0.25) is 9.69 Å². The van der Waals surface area contributed by atoms with E-state index in [2.05, 4.69) is 15.5 Å². The van der Waals surface area contributed by atoms with E-state index in [9.17, 15) is 32.8 Å². The largest absolute Gasteiger partial charge is 0.466 e. The highest BCUT2D eigenvalue weighted by atomic mass is 19.4. The molecule has 0 radical (unpaired) electrons. The first-order valence-electron chi connectivity index (χ1n) is 12.8. The van der Waals surface area contributed by atoms with E-state index in [0.29, 0.717) is 13.0 Å². The van der Waals surface area contributed by atoms with Gasteiger partial charge in [0.1, 0.15) is 6.04 Å². The fourth-order valence-electron chi connectivity index (χ4n) is 4.82. The third kappa shape index (κ3) is 5.91. The smallest absolute Gasteiger partial charge is 0.416 e. The first-order valence-corrected chi connectivity index (χ1v) is 12.8. The molecule has 1 aliphatic heterocycles. The number of nitriles is 1. The van der Waals surface area contributed by atoms with Crippen LogP contribution in [0.2, 0.25) is 0 Å². The summed E-state index contributed by atoms with van der Waals surface area (Å²) in [5, 5.41) is 18.7. The molecule has 14 heteroatoms. The molecule has 4 rings (SSSR count). The molecule has 0 unspecified atom stereocenters. The van der Waals surface area contributed by atoms with Crippen molar-refractivity contribution < 1.29 is 27.5 Å². The summed E-state index contributed by atoms with van der Waals surface area (Å²) >= 11 is 0. The molecule has 11 nitrogen and oxygen atoms in total. The number of carbonyl (C=O) groups is 2. The summed E-state index contributed by atoms with van der Waals surface area (Å²) in [6, 6.07) is 9.54. The van der Waals surface area contributed by atoms with E-state index in [-0.39, 0.29) is 52.0 Å². The molecule has 1 aliphatic rings. The number of anilines is 3. The average Bonchev–Trinajstić information content (AvgIpc) is 3.32. The molecule has 2 aromatic carbocycles. The number of aromatic nitrogens is 3. The van der Waals surface area contributed by atoms with E-state index in [1.54, 1.807) is 0 Å². The van der Waals surface area contributed by atoms with E-state index in [4.69, 9.17) is 4.74 Å². The topological polar surface area (TPSA) is 136 Å². The van der Waals surface area contributed by atoms with Crippen LogP contribution in [-0.2, 0) is 20.5 Å². The van der Waals surface area contributed by atoms with Crippen LogP contribution < -0.4 is 15.9 Å². The average molecular weight is 584 g/mol. The first-order chi connectivity index (χ1) is 19.9. The highest BCUT2D eigenvalue weighted by Gasteiger charge is 2.41. The molecular weight excluding hydrogens is 555 g/mol. The van der Waals surface area contributed by atoms with Gasteiger partial charge in [-0.15, -0.1) is 5.10 Å². The molecule has 1 amide bonds. The molecule has 0 fully saturated rings. The number of fused-ring (bicyclic) bond motifs is 1. The molecule has 2 N–H and O–H groups in total. The number of amides is 1. The molecule has 0 bridgehead atoms. The minimum Gasteiger partial charge on any atom is -0.466 e. The summed E-state index contributed by atoms with van der Waals surface area (Å²) in [5.74, 6) is -1.31. The Kier molecular flexibility index (Phi) is 8.53. The summed E-state index contributed by atoms with van der Waals surface area (Å²) in [5.41, 5.74) is -0.999. The Morgan fingerprint density at radius 3 is 2.60 bits per heavy atom. The molecule has 1 atom stereocenters. The number of benzene rings is 2. The van der Waals surface area contributed by atoms with E-state index in [0.717, 1.165) is 23.8 Å². The SMILES string of the molecule is COC(=O)C1=C(C)N(c2cccc(C(F)(F)F)c2)c2n[nH]c(=O)n2[C@@H]1c1ccc(C#N)cc1NC(=O)CCCN(C)C. The zero-order chi connectivity index (χ0) is 30.8. The lowest BCUT2D eigenvalue weighted by atomic mass is 9.92. The van der Waals surface area contributed by atoms with Gasteiger partial charge >= 0.3 is 17.8 Å². The maximum atomic E-state index is 13.6. The summed E-state index contributed by atoms with van der Waals surface area (Å²) in [7, 11) is 4.89. The van der Waals surface area contributed by atoms with Crippen molar-refractivity contribution >= 4 is 29.2 Å². The van der Waals surface area contributed by atoms with Crippen LogP contribution in [0.15, 0.2) is 58.5 Å². The van der Waals surface area contributed by atoms with Gasteiger partial charge in [0.05, 0.1) is 29.9 Å². The number of halogens is 3. The van der Waals surface area contributed by atoms with E-state index < -0.39 is 29.4 Å². The third-order valence-corrected chi connectivity index (χ3v) is 6.74. The Morgan fingerprint density at radius 2 is 1.95 bits per heavy atom. The molecule has 0 aliphatic carbocycles. The lowest BCUT2D eigenvalue weighted by molar-refractivity contribution is -0.138. The second-order valence-corrected chi connectivity index (χ2v) is 9.84. The van der Waals surface area contributed by atoms with Crippen molar-refractivity contribution in [1.82, 2.24) is 19.7 Å². The lowest BCUT2D eigenvalue weighted by Crippen LogP contribution is -2.38. The summed E-state index contributed by atoms with van der Waals surface area (Å²) in [6.07, 6.45) is -3.93. The van der Waals surface area contributed by atoms with Crippen molar-refractivity contribution in [3.05, 3.63) is 80.9 Å². The second-order valence-electron chi connectivity index (χ2n) is 9.84. The zero-order valence-electron chi connectivity index (χ0n) is 23.2. The van der Waals surface area contributed by atoms with Gasteiger partial charge in [-0.2, -0.15) is 18.4 Å². The van der Waals surface area contributed by atoms with Crippen molar-refractivity contribution in [3.63, 3.8) is 0 Å². The molecule has 3 aromatic rings. The van der Waals surface area contributed by atoms with Crippen molar-refractivity contribution in [3.8, 4) is 6.07 Å². The first kappa shape index (κ1) is 30.1. The number of hydrogen-bond donors (Lipinski definition) is 2. The number of nitrogens with one attached hydrogen (secondary N) is 2. The quantitative estimate of drug-likeness (QED) is 0.381. The number of allylic oxidation sites excluding steroid dienone is 1. The van der Waals surface area contributed by atoms with Gasteiger partial charge in [-0.05, 0) is 64.3 Å². The highest BCUT2D eigenvalue weighted by molar-refractivity contribution is 5.96. The van der Waals surface area contributed by atoms with Crippen LogP contribution >= 0.6 is 0 Å². The number of aromatic amines is 1. The van der Waals surface area contributed by atoms with Crippen LogP contribution in [0.3, 0.4) is 0 Å². The number of rotatable bonds is 8. The third-order valence-electron chi connectivity index (χ3n) is 6.74. The molecular formula is C28H28F3N7O4. The van der Waals surface area contributed by atoms with Crippen LogP contribution in [0.5, 0.6) is 0 Å². The van der Waals surface area contributed by atoms with Crippen LogP contribution in [0.25, 0.3) is 0 Å². The molecule has 0 saturated carbocycles. The Balaban J connectivity index is 1.91. The highest BCUT2D eigenvalue weighted by Crippen LogP contribution is 2.44. The Morgan fingerprint density at radius 1 is 1.21 bits per heavy atom. The van der Waals surface area contributed by atoms with Crippen molar-refractivity contribution in [1.29, 1.82) is 5.26 Å². The van der Waals surface area contributed by atoms with Gasteiger partial charge in [0.25, 0.3) is 0 Å². The van der Waals surface area contributed by atoms with Crippen LogP contribution in [-0.4, -0.2) is 59.3 Å². The number of esters is 1. The van der Waals surface area contributed by atoms with Gasteiger partial charge < -0.3 is 15.0 Å². The molecule has 42 heavy (non-hydrogen) atoms. The fraction of sp³-hybridized carbons (Fsp3) is 0.321. The maximum Gasteiger partial charge on any atom is 0.416 e. The number of H-pyrrole nitrogens is 1. The lowest BCUT2D eigenvalue weighted by Gasteiger charge is -2.36. The van der Waals surface area contributed by atoms with Gasteiger partial charge in [-0.1, -0.05) is 12.1 Å². The normalized spacial score (nSPS) is 14.9. The summed E-state index contributed by atoms with van der Waals surface area (Å²) in [4.78, 5) is 42.5. The van der Waals surface area contributed by atoms with E-state index in [1.807, 2.05) is 25.1 Å². The van der Waals surface area contributed by atoms with Crippen molar-refractivity contribution in [2.45, 2.75) is 32.0 Å². The second kappa shape index (κ2) is 11.9. The minimum atomic E-state index is -4.65. The number of hydrogen-bond acceptors (Lipinski definition) is 8. The predicted molar refractivity (Wildman–Crippen MR) is 147 cm³/mol. The Hall–Kier alpha value is -4.90. The van der Waals surface area contributed by atoms with Crippen molar-refractivity contribution in [2.75, 3.05) is 38.0 Å². The van der Waals surface area contributed by atoms with Crippen LogP contribution in [0, 0.1) is 11.3 Å². The van der Waals surface area contributed by atoms with E-state index in [1.165, 1.54) is 42.2 Å². The Bertz CT molecular complexity index is 1650. The van der Waals surface area contributed by atoms with Gasteiger partial charge in [0.2, 0.25) is 11.9 Å². The number of alkyl halides is 3. The molecule has 1 aromatic heterocycles. The van der Waals surface area contributed by atoms with Gasteiger partial charge in [-0.25, -0.2) is 19.3 Å².